The van der Waals surface area contributed by atoms with Gasteiger partial charge in [0.2, 0.25) is 5.91 Å². The minimum Gasteiger partial charge on any atom is -0.376 e. The van der Waals surface area contributed by atoms with E-state index < -0.39 is 0 Å². The highest BCUT2D eigenvalue weighted by atomic mass is 16.2. The predicted octanol–water partition coefficient (Wildman–Crippen LogP) is 2.43. The second-order valence-electron chi connectivity index (χ2n) is 5.32. The second kappa shape index (κ2) is 6.04. The van der Waals surface area contributed by atoms with E-state index in [1.54, 1.807) is 0 Å². The predicted molar refractivity (Wildman–Crippen MR) is 77.4 cm³/mol. The normalized spacial score (nSPS) is 15.4. The molecule has 1 saturated heterocycles. The summed E-state index contributed by atoms with van der Waals surface area (Å²) in [5.41, 5.74) is 4.15. The molecule has 1 amide bonds. The van der Waals surface area contributed by atoms with Gasteiger partial charge in [-0.25, -0.2) is 0 Å². The Morgan fingerprint density at radius 1 is 1.26 bits per heavy atom. The lowest BCUT2D eigenvalue weighted by Gasteiger charge is -2.27. The Morgan fingerprint density at radius 3 is 2.63 bits per heavy atom. The number of piperidine rings is 1. The molecule has 4 nitrogen and oxygen atoms in total. The van der Waals surface area contributed by atoms with Crippen LogP contribution >= 0.6 is 0 Å². The van der Waals surface area contributed by atoms with Gasteiger partial charge in [-0.1, -0.05) is 0 Å². The molecule has 1 aliphatic heterocycles. The summed E-state index contributed by atoms with van der Waals surface area (Å²) < 4.78 is 0. The molecular formula is C15H23N3O. The van der Waals surface area contributed by atoms with E-state index >= 15 is 0 Å². The van der Waals surface area contributed by atoms with Gasteiger partial charge in [0, 0.05) is 30.2 Å². The highest BCUT2D eigenvalue weighted by Crippen LogP contribution is 2.18. The van der Waals surface area contributed by atoms with Crippen LogP contribution in [0.25, 0.3) is 0 Å². The molecule has 19 heavy (non-hydrogen) atoms. The zero-order valence-electron chi connectivity index (χ0n) is 12.1. The van der Waals surface area contributed by atoms with Gasteiger partial charge in [0.25, 0.3) is 0 Å². The Balaban J connectivity index is 1.96. The molecule has 0 spiro atoms. The average molecular weight is 261 g/mol. The number of likely N-dealkylation sites (tertiary alicyclic amines) is 1. The molecule has 1 N–H and O–H groups in total. The van der Waals surface area contributed by atoms with Gasteiger partial charge in [-0.2, -0.15) is 0 Å². The fraction of sp³-hybridized carbons (Fsp3) is 0.600. The lowest BCUT2D eigenvalue weighted by molar-refractivity contribution is -0.130. The maximum Gasteiger partial charge on any atom is 0.241 e. The largest absolute Gasteiger partial charge is 0.376 e. The third-order valence-corrected chi connectivity index (χ3v) is 3.78. The lowest BCUT2D eigenvalue weighted by Crippen LogP contribution is -2.39. The van der Waals surface area contributed by atoms with Crippen molar-refractivity contribution in [1.82, 2.24) is 9.88 Å². The van der Waals surface area contributed by atoms with E-state index in [-0.39, 0.29) is 5.91 Å². The number of aromatic nitrogens is 1. The molecule has 0 saturated carbocycles. The summed E-state index contributed by atoms with van der Waals surface area (Å²) >= 11 is 0. The van der Waals surface area contributed by atoms with E-state index in [4.69, 9.17) is 0 Å². The van der Waals surface area contributed by atoms with Gasteiger partial charge in [-0.05, 0) is 51.7 Å². The fourth-order valence-corrected chi connectivity index (χ4v) is 2.50. The summed E-state index contributed by atoms with van der Waals surface area (Å²) in [5, 5.41) is 3.26. The quantitative estimate of drug-likeness (QED) is 0.909. The maximum atomic E-state index is 12.1. The Morgan fingerprint density at radius 2 is 1.95 bits per heavy atom. The van der Waals surface area contributed by atoms with Crippen molar-refractivity contribution in [2.24, 2.45) is 0 Å². The Labute approximate surface area is 115 Å². The van der Waals surface area contributed by atoms with Gasteiger partial charge in [0.15, 0.2) is 0 Å². The van der Waals surface area contributed by atoms with Crippen molar-refractivity contribution in [3.8, 4) is 0 Å². The van der Waals surface area contributed by atoms with E-state index in [0.717, 1.165) is 48.6 Å². The van der Waals surface area contributed by atoms with Crippen LogP contribution in [-0.2, 0) is 4.79 Å². The van der Waals surface area contributed by atoms with Gasteiger partial charge in [0.05, 0.1) is 6.54 Å². The summed E-state index contributed by atoms with van der Waals surface area (Å²) in [7, 11) is 0. The van der Waals surface area contributed by atoms with Crippen molar-refractivity contribution in [3.63, 3.8) is 0 Å². The number of anilines is 1. The first-order valence-corrected chi connectivity index (χ1v) is 7.04. The van der Waals surface area contributed by atoms with Gasteiger partial charge < -0.3 is 10.2 Å². The van der Waals surface area contributed by atoms with Gasteiger partial charge in [-0.15, -0.1) is 0 Å². The SMILES string of the molecule is Cc1cc(NCC(=O)N2CCCCC2)c(C)c(C)n1. The van der Waals surface area contributed by atoms with E-state index in [1.807, 2.05) is 31.7 Å². The molecule has 2 heterocycles. The molecular weight excluding hydrogens is 238 g/mol. The number of rotatable bonds is 3. The van der Waals surface area contributed by atoms with Gasteiger partial charge in [0.1, 0.15) is 0 Å². The number of carbonyl (C=O) groups is 1. The average Bonchev–Trinajstić information content (AvgIpc) is 2.41. The van der Waals surface area contributed by atoms with E-state index in [9.17, 15) is 4.79 Å². The number of pyridine rings is 1. The third kappa shape index (κ3) is 3.46. The third-order valence-electron chi connectivity index (χ3n) is 3.78. The lowest BCUT2D eigenvalue weighted by atomic mass is 10.1. The first-order valence-electron chi connectivity index (χ1n) is 7.04. The van der Waals surface area contributed by atoms with Crippen molar-refractivity contribution in [3.05, 3.63) is 23.0 Å². The Bertz CT molecular complexity index is 465. The number of carbonyl (C=O) groups excluding carboxylic acids is 1. The number of hydrogen-bond donors (Lipinski definition) is 1. The van der Waals surface area contributed by atoms with Crippen LogP contribution in [0.15, 0.2) is 6.07 Å². The number of hydrogen-bond acceptors (Lipinski definition) is 3. The zero-order chi connectivity index (χ0) is 13.8. The molecule has 0 aromatic carbocycles. The van der Waals surface area contributed by atoms with Crippen molar-refractivity contribution in [1.29, 1.82) is 0 Å². The molecule has 104 valence electrons. The fourth-order valence-electron chi connectivity index (χ4n) is 2.50. The van der Waals surface area contributed by atoms with Crippen molar-refractivity contribution in [2.75, 3.05) is 25.0 Å². The molecule has 1 aromatic heterocycles. The van der Waals surface area contributed by atoms with Crippen molar-refractivity contribution < 1.29 is 4.79 Å². The van der Waals surface area contributed by atoms with Crippen molar-refractivity contribution >= 4 is 11.6 Å². The highest BCUT2D eigenvalue weighted by molar-refractivity contribution is 5.81. The molecule has 1 fully saturated rings. The summed E-state index contributed by atoms with van der Waals surface area (Å²) in [4.78, 5) is 18.5. The monoisotopic (exact) mass is 261 g/mol. The highest BCUT2D eigenvalue weighted by Gasteiger charge is 2.16. The summed E-state index contributed by atoms with van der Waals surface area (Å²) in [6.07, 6.45) is 3.52. The summed E-state index contributed by atoms with van der Waals surface area (Å²) in [6, 6.07) is 2.01. The van der Waals surface area contributed by atoms with Crippen LogP contribution in [0.2, 0.25) is 0 Å². The minimum atomic E-state index is 0.200. The van der Waals surface area contributed by atoms with Crippen LogP contribution in [0.3, 0.4) is 0 Å². The molecule has 0 atom stereocenters. The number of nitrogens with zero attached hydrogens (tertiary/aromatic N) is 2. The second-order valence-corrected chi connectivity index (χ2v) is 5.32. The number of aryl methyl sites for hydroxylation is 2. The van der Waals surface area contributed by atoms with Crippen LogP contribution in [0.5, 0.6) is 0 Å². The molecule has 1 aromatic rings. The molecule has 0 bridgehead atoms. The smallest absolute Gasteiger partial charge is 0.241 e. The van der Waals surface area contributed by atoms with Crippen molar-refractivity contribution in [2.45, 2.75) is 40.0 Å². The molecule has 4 heteroatoms. The van der Waals surface area contributed by atoms with E-state index in [2.05, 4.69) is 10.3 Å². The Kier molecular flexibility index (Phi) is 4.40. The first kappa shape index (κ1) is 13.8. The van der Waals surface area contributed by atoms with Gasteiger partial charge in [-0.3, -0.25) is 9.78 Å². The molecule has 0 radical (unpaired) electrons. The van der Waals surface area contributed by atoms with Crippen LogP contribution in [0.1, 0.15) is 36.2 Å². The Hall–Kier alpha value is -1.58. The molecule has 2 rings (SSSR count). The van der Waals surface area contributed by atoms with Crippen LogP contribution in [0.4, 0.5) is 5.69 Å². The van der Waals surface area contributed by atoms with Crippen LogP contribution in [-0.4, -0.2) is 35.4 Å². The van der Waals surface area contributed by atoms with E-state index in [0.29, 0.717) is 6.54 Å². The summed E-state index contributed by atoms with van der Waals surface area (Å²) in [6.45, 7) is 8.21. The maximum absolute atomic E-state index is 12.1. The minimum absolute atomic E-state index is 0.200. The number of amides is 1. The van der Waals surface area contributed by atoms with Crippen LogP contribution in [0, 0.1) is 20.8 Å². The van der Waals surface area contributed by atoms with E-state index in [1.165, 1.54) is 6.42 Å². The first-order chi connectivity index (χ1) is 9.08. The number of nitrogens with one attached hydrogen (secondary N) is 1. The molecule has 0 unspecified atom stereocenters. The molecule has 0 aliphatic carbocycles. The topological polar surface area (TPSA) is 45.2 Å². The van der Waals surface area contributed by atoms with Crippen LogP contribution < -0.4 is 5.32 Å². The molecule has 1 aliphatic rings. The zero-order valence-corrected chi connectivity index (χ0v) is 12.1. The summed E-state index contributed by atoms with van der Waals surface area (Å²) in [5.74, 6) is 0.200. The van der Waals surface area contributed by atoms with Gasteiger partial charge >= 0.3 is 0 Å². The standard InChI is InChI=1S/C15H23N3O/c1-11-9-14(12(2)13(3)17-11)16-10-15(19)18-7-5-4-6-8-18/h9H,4-8,10H2,1-3H3,(H,16,17).